The second-order valence-corrected chi connectivity index (χ2v) is 4.56. The van der Waals surface area contributed by atoms with E-state index in [4.69, 9.17) is 4.74 Å². The fourth-order valence-corrected chi connectivity index (χ4v) is 2.28. The van der Waals surface area contributed by atoms with Gasteiger partial charge in [0.15, 0.2) is 11.6 Å². The summed E-state index contributed by atoms with van der Waals surface area (Å²) in [6.45, 7) is 4.77. The molecule has 4 heteroatoms. The molecule has 3 nitrogen and oxygen atoms in total. The Labute approximate surface area is 118 Å². The highest BCUT2D eigenvalue weighted by atomic mass is 19.1. The quantitative estimate of drug-likeness (QED) is 0.909. The second kappa shape index (κ2) is 6.48. The Bertz CT molecular complexity index is 586. The maximum Gasteiger partial charge on any atom is 0.165 e. The van der Waals surface area contributed by atoms with E-state index in [-0.39, 0.29) is 17.6 Å². The third kappa shape index (κ3) is 2.96. The summed E-state index contributed by atoms with van der Waals surface area (Å²) in [4.78, 5) is 4.31. The number of halogens is 1. The van der Waals surface area contributed by atoms with Gasteiger partial charge in [0.05, 0.1) is 13.2 Å². The zero-order valence-electron chi connectivity index (χ0n) is 12.0. The van der Waals surface area contributed by atoms with Crippen LogP contribution >= 0.6 is 0 Å². The van der Waals surface area contributed by atoms with Crippen LogP contribution in [-0.4, -0.2) is 18.6 Å². The maximum absolute atomic E-state index is 13.9. The average molecular weight is 274 g/mol. The normalized spacial score (nSPS) is 12.2. The third-order valence-corrected chi connectivity index (χ3v) is 3.28. The van der Waals surface area contributed by atoms with E-state index in [2.05, 4.69) is 10.3 Å². The number of hydrogen-bond acceptors (Lipinski definition) is 3. The summed E-state index contributed by atoms with van der Waals surface area (Å²) in [5.41, 5.74) is 2.86. The lowest BCUT2D eigenvalue weighted by Crippen LogP contribution is -2.23. The number of methoxy groups -OCH3 is 1. The second-order valence-electron chi connectivity index (χ2n) is 4.56. The van der Waals surface area contributed by atoms with Crippen molar-refractivity contribution in [3.63, 3.8) is 0 Å². The Balaban J connectivity index is 2.43. The predicted molar refractivity (Wildman–Crippen MR) is 77.4 cm³/mol. The number of aryl methyl sites for hydroxylation is 1. The first-order valence-corrected chi connectivity index (χ1v) is 6.65. The van der Waals surface area contributed by atoms with E-state index < -0.39 is 0 Å². The van der Waals surface area contributed by atoms with Crippen LogP contribution in [0.15, 0.2) is 36.5 Å². The highest BCUT2D eigenvalue weighted by Crippen LogP contribution is 2.27. The highest BCUT2D eigenvalue weighted by Gasteiger charge is 2.17. The van der Waals surface area contributed by atoms with Gasteiger partial charge in [-0.25, -0.2) is 4.39 Å². The third-order valence-electron chi connectivity index (χ3n) is 3.28. The van der Waals surface area contributed by atoms with Gasteiger partial charge in [0.1, 0.15) is 0 Å². The molecule has 0 amide bonds. The number of nitrogens with one attached hydrogen (secondary N) is 1. The Kier molecular flexibility index (Phi) is 4.69. The maximum atomic E-state index is 13.9. The van der Waals surface area contributed by atoms with E-state index in [0.29, 0.717) is 0 Å². The molecule has 1 aromatic carbocycles. The van der Waals surface area contributed by atoms with Gasteiger partial charge in [-0.15, -0.1) is 0 Å². The summed E-state index contributed by atoms with van der Waals surface area (Å²) >= 11 is 0. The molecule has 0 saturated heterocycles. The number of hydrogen-bond donors (Lipinski definition) is 1. The van der Waals surface area contributed by atoms with Gasteiger partial charge in [0.25, 0.3) is 0 Å². The van der Waals surface area contributed by atoms with Crippen molar-refractivity contribution in [2.75, 3.05) is 13.7 Å². The molecule has 2 rings (SSSR count). The van der Waals surface area contributed by atoms with E-state index in [1.807, 2.05) is 32.0 Å². The van der Waals surface area contributed by atoms with E-state index in [9.17, 15) is 4.39 Å². The van der Waals surface area contributed by atoms with Gasteiger partial charge >= 0.3 is 0 Å². The SMILES string of the molecule is CCNC(c1ccc(OC)c(F)c1)c1cccnc1C. The van der Waals surface area contributed by atoms with Crippen molar-refractivity contribution in [3.8, 4) is 5.75 Å². The highest BCUT2D eigenvalue weighted by molar-refractivity contribution is 5.37. The first-order valence-electron chi connectivity index (χ1n) is 6.65. The molecule has 0 aliphatic heterocycles. The van der Waals surface area contributed by atoms with Crippen LogP contribution in [0.3, 0.4) is 0 Å². The van der Waals surface area contributed by atoms with E-state index in [0.717, 1.165) is 23.4 Å². The zero-order valence-corrected chi connectivity index (χ0v) is 12.0. The van der Waals surface area contributed by atoms with Crippen molar-refractivity contribution in [1.82, 2.24) is 10.3 Å². The standard InChI is InChI=1S/C16H19FN2O/c1-4-18-16(13-6-5-9-19-11(13)2)12-7-8-15(20-3)14(17)10-12/h5-10,16,18H,4H2,1-3H3. The Morgan fingerprint density at radius 3 is 2.75 bits per heavy atom. The summed E-state index contributed by atoms with van der Waals surface area (Å²) in [6.07, 6.45) is 1.76. The molecule has 2 aromatic rings. The van der Waals surface area contributed by atoms with Gasteiger partial charge in [-0.3, -0.25) is 4.98 Å². The molecule has 106 valence electrons. The van der Waals surface area contributed by atoms with Gasteiger partial charge in [0, 0.05) is 11.9 Å². The van der Waals surface area contributed by atoms with Gasteiger partial charge in [-0.2, -0.15) is 0 Å². The van der Waals surface area contributed by atoms with Crippen LogP contribution in [0.1, 0.15) is 29.8 Å². The van der Waals surface area contributed by atoms with Crippen molar-refractivity contribution in [1.29, 1.82) is 0 Å². The number of rotatable bonds is 5. The average Bonchev–Trinajstić information content (AvgIpc) is 2.46. The molecule has 0 aliphatic rings. The Morgan fingerprint density at radius 1 is 1.35 bits per heavy atom. The van der Waals surface area contributed by atoms with E-state index in [1.54, 1.807) is 12.3 Å². The molecule has 20 heavy (non-hydrogen) atoms. The molecule has 0 aliphatic carbocycles. The first kappa shape index (κ1) is 14.5. The summed E-state index contributed by atoms with van der Waals surface area (Å²) < 4.78 is 18.9. The van der Waals surface area contributed by atoms with E-state index >= 15 is 0 Å². The van der Waals surface area contributed by atoms with Gasteiger partial charge in [-0.05, 0) is 42.8 Å². The molecule has 1 N–H and O–H groups in total. The van der Waals surface area contributed by atoms with Crippen LogP contribution < -0.4 is 10.1 Å². The first-order chi connectivity index (χ1) is 9.67. The van der Waals surface area contributed by atoms with E-state index in [1.165, 1.54) is 13.2 Å². The molecule has 1 unspecified atom stereocenters. The largest absolute Gasteiger partial charge is 0.494 e. The molecule has 0 bridgehead atoms. The number of nitrogens with zero attached hydrogens (tertiary/aromatic N) is 1. The molecule has 0 saturated carbocycles. The van der Waals surface area contributed by atoms with Crippen LogP contribution in [0, 0.1) is 12.7 Å². The van der Waals surface area contributed by atoms with Crippen LogP contribution in [0.5, 0.6) is 5.75 Å². The number of aromatic nitrogens is 1. The summed E-state index contributed by atoms with van der Waals surface area (Å²) in [5.74, 6) is -0.0960. The molecule has 1 heterocycles. The van der Waals surface area contributed by atoms with Gasteiger partial charge < -0.3 is 10.1 Å². The fraction of sp³-hybridized carbons (Fsp3) is 0.312. The monoisotopic (exact) mass is 274 g/mol. The molecular formula is C16H19FN2O. The molecule has 1 atom stereocenters. The smallest absolute Gasteiger partial charge is 0.165 e. The summed E-state index contributed by atoms with van der Waals surface area (Å²) in [6, 6.07) is 8.87. The fourth-order valence-electron chi connectivity index (χ4n) is 2.28. The number of benzene rings is 1. The summed E-state index contributed by atoms with van der Waals surface area (Å²) in [5, 5.41) is 3.37. The summed E-state index contributed by atoms with van der Waals surface area (Å²) in [7, 11) is 1.46. The Hall–Kier alpha value is -1.94. The van der Waals surface area contributed by atoms with Crippen LogP contribution in [0.2, 0.25) is 0 Å². The molecule has 0 fully saturated rings. The Morgan fingerprint density at radius 2 is 2.15 bits per heavy atom. The van der Waals surface area contributed by atoms with Gasteiger partial charge in [-0.1, -0.05) is 19.1 Å². The van der Waals surface area contributed by atoms with Crippen molar-refractivity contribution >= 4 is 0 Å². The number of ether oxygens (including phenoxy) is 1. The van der Waals surface area contributed by atoms with Gasteiger partial charge in [0.2, 0.25) is 0 Å². The molecular weight excluding hydrogens is 255 g/mol. The minimum absolute atomic E-state index is 0.0749. The van der Waals surface area contributed by atoms with Crippen molar-refractivity contribution in [3.05, 3.63) is 59.2 Å². The van der Waals surface area contributed by atoms with Crippen molar-refractivity contribution in [2.45, 2.75) is 19.9 Å². The lowest BCUT2D eigenvalue weighted by Gasteiger charge is -2.20. The minimum Gasteiger partial charge on any atom is -0.494 e. The predicted octanol–water partition coefficient (Wildman–Crippen LogP) is 3.24. The minimum atomic E-state index is -0.352. The topological polar surface area (TPSA) is 34.1 Å². The molecule has 0 spiro atoms. The molecule has 1 aromatic heterocycles. The van der Waals surface area contributed by atoms with Crippen molar-refractivity contribution < 1.29 is 9.13 Å². The number of pyridine rings is 1. The lowest BCUT2D eigenvalue weighted by molar-refractivity contribution is 0.385. The van der Waals surface area contributed by atoms with Crippen LogP contribution in [-0.2, 0) is 0 Å². The zero-order chi connectivity index (χ0) is 14.5. The van der Waals surface area contributed by atoms with Crippen LogP contribution in [0.25, 0.3) is 0 Å². The van der Waals surface area contributed by atoms with Crippen LogP contribution in [0.4, 0.5) is 4.39 Å². The molecule has 0 radical (unpaired) electrons. The lowest BCUT2D eigenvalue weighted by atomic mass is 9.97. The van der Waals surface area contributed by atoms with Crippen molar-refractivity contribution in [2.24, 2.45) is 0 Å².